The number of halogens is 1. The Morgan fingerprint density at radius 1 is 1.33 bits per heavy atom. The van der Waals surface area contributed by atoms with Crippen molar-refractivity contribution in [3.8, 4) is 0 Å². The third-order valence-electron chi connectivity index (χ3n) is 4.51. The van der Waals surface area contributed by atoms with Gasteiger partial charge >= 0.3 is 0 Å². The van der Waals surface area contributed by atoms with Crippen LogP contribution in [0.25, 0.3) is 11.0 Å². The van der Waals surface area contributed by atoms with Crippen molar-refractivity contribution in [1.29, 1.82) is 0 Å². The number of hydrogen-bond acceptors (Lipinski definition) is 2. The van der Waals surface area contributed by atoms with Crippen LogP contribution in [-0.2, 0) is 12.1 Å². The number of fused-ring (bicyclic) bond motifs is 1. The number of nitrogens with one attached hydrogen (secondary N) is 1. The standard InChI is InChI=1S/C17H24ClN3/c1-3-8-17(9-5-10-19-17)16-20-14-12-13(18)6-7-15(14)21(16)11-4-2/h6-7,12,19H,3-5,8-11H2,1-2H3. The number of imidazole rings is 1. The van der Waals surface area contributed by atoms with E-state index in [1.54, 1.807) is 0 Å². The van der Waals surface area contributed by atoms with Crippen LogP contribution in [0.5, 0.6) is 0 Å². The Hall–Kier alpha value is -1.06. The Kier molecular flexibility index (Phi) is 4.23. The van der Waals surface area contributed by atoms with Gasteiger partial charge in [0.2, 0.25) is 0 Å². The topological polar surface area (TPSA) is 29.9 Å². The quantitative estimate of drug-likeness (QED) is 0.882. The Balaban J connectivity index is 2.17. The summed E-state index contributed by atoms with van der Waals surface area (Å²) in [5, 5.41) is 4.51. The molecule has 0 amide bonds. The van der Waals surface area contributed by atoms with E-state index in [1.807, 2.05) is 12.1 Å². The van der Waals surface area contributed by atoms with E-state index in [4.69, 9.17) is 16.6 Å². The van der Waals surface area contributed by atoms with Gasteiger partial charge in [0, 0.05) is 11.6 Å². The molecule has 1 N–H and O–H groups in total. The summed E-state index contributed by atoms with van der Waals surface area (Å²) in [6.45, 7) is 6.59. The zero-order chi connectivity index (χ0) is 14.9. The molecule has 2 aromatic rings. The lowest BCUT2D eigenvalue weighted by Gasteiger charge is -2.29. The first kappa shape index (κ1) is 14.9. The summed E-state index contributed by atoms with van der Waals surface area (Å²) in [6.07, 6.45) is 5.85. The molecular weight excluding hydrogens is 282 g/mol. The second-order valence-corrected chi connectivity index (χ2v) is 6.52. The number of benzene rings is 1. The van der Waals surface area contributed by atoms with Gasteiger partial charge in [-0.15, -0.1) is 0 Å². The summed E-state index contributed by atoms with van der Waals surface area (Å²) in [7, 11) is 0. The van der Waals surface area contributed by atoms with Gasteiger partial charge in [0.25, 0.3) is 0 Å². The molecule has 1 unspecified atom stereocenters. The van der Waals surface area contributed by atoms with Crippen LogP contribution in [0.4, 0.5) is 0 Å². The van der Waals surface area contributed by atoms with Gasteiger partial charge in [-0.25, -0.2) is 4.98 Å². The fourth-order valence-electron chi connectivity index (χ4n) is 3.67. The molecule has 1 aromatic carbocycles. The highest BCUT2D eigenvalue weighted by atomic mass is 35.5. The first-order valence-electron chi connectivity index (χ1n) is 8.11. The fraction of sp³-hybridized carbons (Fsp3) is 0.588. The van der Waals surface area contributed by atoms with Gasteiger partial charge < -0.3 is 9.88 Å². The second kappa shape index (κ2) is 5.98. The van der Waals surface area contributed by atoms with Gasteiger partial charge in [-0.1, -0.05) is 31.9 Å². The van der Waals surface area contributed by atoms with Crippen molar-refractivity contribution in [3.05, 3.63) is 29.0 Å². The molecule has 1 fully saturated rings. The van der Waals surface area contributed by atoms with E-state index in [0.717, 1.165) is 36.5 Å². The number of aryl methyl sites for hydroxylation is 1. The van der Waals surface area contributed by atoms with Crippen LogP contribution in [0.2, 0.25) is 5.02 Å². The van der Waals surface area contributed by atoms with Gasteiger partial charge in [0.15, 0.2) is 0 Å². The molecule has 4 heteroatoms. The van der Waals surface area contributed by atoms with Gasteiger partial charge in [-0.05, 0) is 50.4 Å². The minimum absolute atomic E-state index is 0.0510. The molecule has 0 bridgehead atoms. The van der Waals surface area contributed by atoms with E-state index in [1.165, 1.54) is 30.6 Å². The maximum Gasteiger partial charge on any atom is 0.130 e. The smallest absolute Gasteiger partial charge is 0.130 e. The maximum absolute atomic E-state index is 6.15. The molecule has 0 saturated carbocycles. The predicted octanol–water partition coefficient (Wildman–Crippen LogP) is 4.48. The van der Waals surface area contributed by atoms with E-state index in [2.05, 4.69) is 29.8 Å². The SMILES string of the molecule is CCCn1c(C2(CCC)CCCN2)nc2cc(Cl)ccc21. The molecule has 0 spiro atoms. The van der Waals surface area contributed by atoms with Gasteiger partial charge in [0.05, 0.1) is 16.6 Å². The minimum atomic E-state index is 0.0510. The molecular formula is C17H24ClN3. The lowest BCUT2D eigenvalue weighted by molar-refractivity contribution is 0.322. The Morgan fingerprint density at radius 2 is 2.19 bits per heavy atom. The summed E-state index contributed by atoms with van der Waals surface area (Å²) < 4.78 is 2.40. The van der Waals surface area contributed by atoms with Crippen molar-refractivity contribution < 1.29 is 0 Å². The van der Waals surface area contributed by atoms with E-state index in [0.29, 0.717) is 0 Å². The highest BCUT2D eigenvalue weighted by Crippen LogP contribution is 2.37. The van der Waals surface area contributed by atoms with Crippen molar-refractivity contribution in [1.82, 2.24) is 14.9 Å². The molecule has 1 aliphatic heterocycles. The summed E-state index contributed by atoms with van der Waals surface area (Å²) in [5.41, 5.74) is 2.28. The third kappa shape index (κ3) is 2.58. The summed E-state index contributed by atoms with van der Waals surface area (Å²) in [6, 6.07) is 6.07. The molecule has 0 aliphatic carbocycles. The van der Waals surface area contributed by atoms with Crippen LogP contribution in [0.1, 0.15) is 51.8 Å². The normalized spacial score (nSPS) is 22.2. The molecule has 3 nitrogen and oxygen atoms in total. The van der Waals surface area contributed by atoms with Gasteiger partial charge in [-0.2, -0.15) is 0 Å². The summed E-state index contributed by atoms with van der Waals surface area (Å²) in [5.74, 6) is 1.21. The second-order valence-electron chi connectivity index (χ2n) is 6.08. The minimum Gasteiger partial charge on any atom is -0.326 e. The molecule has 1 atom stereocenters. The number of hydrogen-bond donors (Lipinski definition) is 1. The molecule has 114 valence electrons. The fourth-order valence-corrected chi connectivity index (χ4v) is 3.83. The number of rotatable bonds is 5. The van der Waals surface area contributed by atoms with Crippen LogP contribution in [0, 0.1) is 0 Å². The highest BCUT2D eigenvalue weighted by molar-refractivity contribution is 6.31. The zero-order valence-electron chi connectivity index (χ0n) is 13.0. The van der Waals surface area contributed by atoms with E-state index in [9.17, 15) is 0 Å². The summed E-state index contributed by atoms with van der Waals surface area (Å²) >= 11 is 6.15. The van der Waals surface area contributed by atoms with Gasteiger partial charge in [0.1, 0.15) is 5.82 Å². The molecule has 1 saturated heterocycles. The van der Waals surface area contributed by atoms with Crippen molar-refractivity contribution in [2.45, 2.75) is 58.0 Å². The third-order valence-corrected chi connectivity index (χ3v) is 4.74. The van der Waals surface area contributed by atoms with Crippen LogP contribution >= 0.6 is 11.6 Å². The van der Waals surface area contributed by atoms with Crippen LogP contribution < -0.4 is 5.32 Å². The average molecular weight is 306 g/mol. The Morgan fingerprint density at radius 3 is 2.86 bits per heavy atom. The van der Waals surface area contributed by atoms with E-state index < -0.39 is 0 Å². The van der Waals surface area contributed by atoms with Gasteiger partial charge in [-0.3, -0.25) is 0 Å². The molecule has 2 heterocycles. The number of aromatic nitrogens is 2. The van der Waals surface area contributed by atoms with Crippen molar-refractivity contribution in [2.24, 2.45) is 0 Å². The molecule has 0 radical (unpaired) electrons. The Labute approximate surface area is 131 Å². The van der Waals surface area contributed by atoms with E-state index >= 15 is 0 Å². The average Bonchev–Trinajstić information content (AvgIpc) is 3.06. The lowest BCUT2D eigenvalue weighted by Crippen LogP contribution is -2.39. The zero-order valence-corrected chi connectivity index (χ0v) is 13.7. The number of nitrogens with zero attached hydrogens (tertiary/aromatic N) is 2. The largest absolute Gasteiger partial charge is 0.326 e. The monoisotopic (exact) mass is 305 g/mol. The highest BCUT2D eigenvalue weighted by Gasteiger charge is 2.38. The molecule has 21 heavy (non-hydrogen) atoms. The maximum atomic E-state index is 6.15. The lowest BCUT2D eigenvalue weighted by atomic mass is 9.91. The van der Waals surface area contributed by atoms with E-state index in [-0.39, 0.29) is 5.54 Å². The first-order chi connectivity index (χ1) is 10.2. The van der Waals surface area contributed by atoms with Crippen molar-refractivity contribution in [2.75, 3.05) is 6.54 Å². The summed E-state index contributed by atoms with van der Waals surface area (Å²) in [4.78, 5) is 4.98. The molecule has 1 aliphatic rings. The predicted molar refractivity (Wildman–Crippen MR) is 88.9 cm³/mol. The van der Waals surface area contributed by atoms with Crippen LogP contribution in [0.15, 0.2) is 18.2 Å². The Bertz CT molecular complexity index is 626. The van der Waals surface area contributed by atoms with Crippen LogP contribution in [-0.4, -0.2) is 16.1 Å². The van der Waals surface area contributed by atoms with Crippen LogP contribution in [0.3, 0.4) is 0 Å². The van der Waals surface area contributed by atoms with Crippen molar-refractivity contribution >= 4 is 22.6 Å². The van der Waals surface area contributed by atoms with Crippen molar-refractivity contribution in [3.63, 3.8) is 0 Å². The molecule has 1 aromatic heterocycles. The molecule has 3 rings (SSSR count). The first-order valence-corrected chi connectivity index (χ1v) is 8.49.